The van der Waals surface area contributed by atoms with Crippen LogP contribution in [-0.2, 0) is 4.74 Å². The molecular weight excluding hydrogens is 188 g/mol. The molecule has 0 atom stereocenters. The molecule has 0 saturated heterocycles. The highest BCUT2D eigenvalue weighted by Crippen LogP contribution is 2.10. The van der Waals surface area contributed by atoms with Gasteiger partial charge in [-0.1, -0.05) is 17.7 Å². The first kappa shape index (κ1) is 12.0. The molecule has 0 radical (unpaired) electrons. The molecule has 1 aromatic carbocycles. The van der Waals surface area contributed by atoms with Gasteiger partial charge in [0.1, 0.15) is 0 Å². The Hall–Kier alpha value is -1.02. The molecule has 1 aromatic rings. The SMILES string of the molecule is COC(=O)c1ccc(C)cc1C.Cl. The van der Waals surface area contributed by atoms with Crippen molar-refractivity contribution in [2.45, 2.75) is 13.8 Å². The number of hydrogen-bond acceptors (Lipinski definition) is 2. The van der Waals surface area contributed by atoms with E-state index in [1.165, 1.54) is 7.11 Å². The van der Waals surface area contributed by atoms with Crippen molar-refractivity contribution in [3.63, 3.8) is 0 Å². The number of rotatable bonds is 1. The first-order chi connectivity index (χ1) is 5.65. The lowest BCUT2D eigenvalue weighted by Crippen LogP contribution is -2.03. The number of carbonyl (C=O) groups is 1. The Kier molecular flexibility index (Phi) is 4.49. The second-order valence-electron chi connectivity index (χ2n) is 2.81. The van der Waals surface area contributed by atoms with Crippen LogP contribution in [0.2, 0.25) is 0 Å². The number of aryl methyl sites for hydroxylation is 2. The topological polar surface area (TPSA) is 26.3 Å². The van der Waals surface area contributed by atoms with Gasteiger partial charge < -0.3 is 4.74 Å². The lowest BCUT2D eigenvalue weighted by molar-refractivity contribution is 0.0600. The molecule has 0 aliphatic heterocycles. The molecule has 13 heavy (non-hydrogen) atoms. The molecule has 0 saturated carbocycles. The van der Waals surface area contributed by atoms with E-state index in [2.05, 4.69) is 4.74 Å². The van der Waals surface area contributed by atoms with Crippen LogP contribution in [0.5, 0.6) is 0 Å². The van der Waals surface area contributed by atoms with Crippen LogP contribution >= 0.6 is 12.4 Å². The van der Waals surface area contributed by atoms with Crippen LogP contribution in [0.1, 0.15) is 21.5 Å². The minimum Gasteiger partial charge on any atom is -0.465 e. The number of ether oxygens (including phenoxy) is 1. The van der Waals surface area contributed by atoms with Crippen LogP contribution in [-0.4, -0.2) is 13.1 Å². The van der Waals surface area contributed by atoms with E-state index in [1.807, 2.05) is 26.0 Å². The van der Waals surface area contributed by atoms with Crippen LogP contribution in [0.3, 0.4) is 0 Å². The Morgan fingerprint density at radius 3 is 2.38 bits per heavy atom. The number of hydrogen-bond donors (Lipinski definition) is 0. The minimum absolute atomic E-state index is 0. The lowest BCUT2D eigenvalue weighted by Gasteiger charge is -2.03. The van der Waals surface area contributed by atoms with E-state index in [9.17, 15) is 4.79 Å². The van der Waals surface area contributed by atoms with Crippen LogP contribution in [0.4, 0.5) is 0 Å². The molecule has 2 nitrogen and oxygen atoms in total. The van der Waals surface area contributed by atoms with Gasteiger partial charge in [-0.15, -0.1) is 12.4 Å². The maximum atomic E-state index is 11.1. The molecule has 0 bridgehead atoms. The van der Waals surface area contributed by atoms with Gasteiger partial charge in [-0.2, -0.15) is 0 Å². The van der Waals surface area contributed by atoms with Gasteiger partial charge >= 0.3 is 5.97 Å². The van der Waals surface area contributed by atoms with Crippen molar-refractivity contribution in [3.05, 3.63) is 34.9 Å². The van der Waals surface area contributed by atoms with Gasteiger partial charge in [0.2, 0.25) is 0 Å². The average Bonchev–Trinajstić information content (AvgIpc) is 2.03. The van der Waals surface area contributed by atoms with Crippen molar-refractivity contribution in [2.75, 3.05) is 7.11 Å². The summed E-state index contributed by atoms with van der Waals surface area (Å²) in [6, 6.07) is 5.65. The van der Waals surface area contributed by atoms with Crippen molar-refractivity contribution < 1.29 is 9.53 Å². The summed E-state index contributed by atoms with van der Waals surface area (Å²) in [5.41, 5.74) is 2.75. The van der Waals surface area contributed by atoms with Crippen molar-refractivity contribution in [1.82, 2.24) is 0 Å². The summed E-state index contributed by atoms with van der Waals surface area (Å²) >= 11 is 0. The van der Waals surface area contributed by atoms with Crippen molar-refractivity contribution in [3.8, 4) is 0 Å². The Labute approximate surface area is 84.3 Å². The standard InChI is InChI=1S/C10H12O2.ClH/c1-7-4-5-9(8(2)6-7)10(11)12-3;/h4-6H,1-3H3;1H. The van der Waals surface area contributed by atoms with Gasteiger partial charge in [-0.05, 0) is 25.5 Å². The Balaban J connectivity index is 0.00000144. The molecule has 0 spiro atoms. The number of benzene rings is 1. The van der Waals surface area contributed by atoms with Gasteiger partial charge in [0.05, 0.1) is 12.7 Å². The van der Waals surface area contributed by atoms with E-state index in [-0.39, 0.29) is 18.4 Å². The third kappa shape index (κ3) is 2.74. The van der Waals surface area contributed by atoms with Gasteiger partial charge in [0.25, 0.3) is 0 Å². The first-order valence-corrected chi connectivity index (χ1v) is 3.80. The van der Waals surface area contributed by atoms with Gasteiger partial charge in [-0.3, -0.25) is 0 Å². The van der Waals surface area contributed by atoms with Gasteiger partial charge in [0, 0.05) is 0 Å². The number of esters is 1. The zero-order valence-corrected chi connectivity index (χ0v) is 8.77. The monoisotopic (exact) mass is 200 g/mol. The second-order valence-corrected chi connectivity index (χ2v) is 2.81. The molecule has 72 valence electrons. The fourth-order valence-electron chi connectivity index (χ4n) is 1.15. The normalized spacial score (nSPS) is 8.85. The quantitative estimate of drug-likeness (QED) is 0.652. The Morgan fingerprint density at radius 2 is 1.92 bits per heavy atom. The highest BCUT2D eigenvalue weighted by Gasteiger charge is 2.07. The third-order valence-corrected chi connectivity index (χ3v) is 1.79. The predicted molar refractivity (Wildman–Crippen MR) is 54.5 cm³/mol. The van der Waals surface area contributed by atoms with Gasteiger partial charge in [0.15, 0.2) is 0 Å². The smallest absolute Gasteiger partial charge is 0.338 e. The molecule has 0 aliphatic carbocycles. The van der Waals surface area contributed by atoms with Gasteiger partial charge in [-0.25, -0.2) is 4.79 Å². The van der Waals surface area contributed by atoms with E-state index in [1.54, 1.807) is 6.07 Å². The van der Waals surface area contributed by atoms with E-state index in [0.29, 0.717) is 5.56 Å². The van der Waals surface area contributed by atoms with Crippen LogP contribution < -0.4 is 0 Å². The summed E-state index contributed by atoms with van der Waals surface area (Å²) in [5.74, 6) is -0.271. The average molecular weight is 201 g/mol. The van der Waals surface area contributed by atoms with Crippen LogP contribution in [0.25, 0.3) is 0 Å². The summed E-state index contributed by atoms with van der Waals surface area (Å²) in [5, 5.41) is 0. The molecule has 0 heterocycles. The zero-order chi connectivity index (χ0) is 9.14. The lowest BCUT2D eigenvalue weighted by atomic mass is 10.1. The minimum atomic E-state index is -0.271. The first-order valence-electron chi connectivity index (χ1n) is 3.80. The Bertz CT molecular complexity index is 308. The van der Waals surface area contributed by atoms with E-state index in [0.717, 1.165) is 11.1 Å². The van der Waals surface area contributed by atoms with Crippen molar-refractivity contribution in [2.24, 2.45) is 0 Å². The van der Waals surface area contributed by atoms with Crippen LogP contribution in [0.15, 0.2) is 18.2 Å². The maximum Gasteiger partial charge on any atom is 0.338 e. The van der Waals surface area contributed by atoms with E-state index >= 15 is 0 Å². The van der Waals surface area contributed by atoms with Crippen LogP contribution in [0, 0.1) is 13.8 Å². The fraction of sp³-hybridized carbons (Fsp3) is 0.300. The molecule has 3 heteroatoms. The summed E-state index contributed by atoms with van der Waals surface area (Å²) in [6.45, 7) is 3.90. The maximum absolute atomic E-state index is 11.1. The molecule has 0 unspecified atom stereocenters. The van der Waals surface area contributed by atoms with Crippen molar-refractivity contribution >= 4 is 18.4 Å². The number of methoxy groups -OCH3 is 1. The Morgan fingerprint density at radius 1 is 1.31 bits per heavy atom. The number of carbonyl (C=O) groups excluding carboxylic acids is 1. The number of halogens is 1. The fourth-order valence-corrected chi connectivity index (χ4v) is 1.15. The molecule has 0 N–H and O–H groups in total. The van der Waals surface area contributed by atoms with Crippen molar-refractivity contribution in [1.29, 1.82) is 0 Å². The molecule has 0 fully saturated rings. The third-order valence-electron chi connectivity index (χ3n) is 1.79. The summed E-state index contributed by atoms with van der Waals surface area (Å²) in [7, 11) is 1.39. The zero-order valence-electron chi connectivity index (χ0n) is 7.96. The highest BCUT2D eigenvalue weighted by molar-refractivity contribution is 5.90. The summed E-state index contributed by atoms with van der Waals surface area (Å²) < 4.78 is 4.62. The second kappa shape index (κ2) is 4.87. The molecular formula is C10H13ClO2. The predicted octanol–water partition coefficient (Wildman–Crippen LogP) is 2.51. The highest BCUT2D eigenvalue weighted by atomic mass is 35.5. The molecule has 0 amide bonds. The van der Waals surface area contributed by atoms with E-state index < -0.39 is 0 Å². The molecule has 1 rings (SSSR count). The van der Waals surface area contributed by atoms with E-state index in [4.69, 9.17) is 0 Å². The largest absolute Gasteiger partial charge is 0.465 e. The summed E-state index contributed by atoms with van der Waals surface area (Å²) in [4.78, 5) is 11.1. The summed E-state index contributed by atoms with van der Waals surface area (Å²) in [6.07, 6.45) is 0. The molecule has 0 aromatic heterocycles. The molecule has 0 aliphatic rings.